The smallest absolute Gasteiger partial charge is 0.320 e. The van der Waals surface area contributed by atoms with Crippen molar-refractivity contribution >= 4 is 16.9 Å². The van der Waals surface area contributed by atoms with E-state index in [0.717, 1.165) is 25.0 Å². The van der Waals surface area contributed by atoms with E-state index in [9.17, 15) is 4.79 Å². The van der Waals surface area contributed by atoms with Gasteiger partial charge in [-0.2, -0.15) is 0 Å². The number of H-pyrrole nitrogens is 1. The number of carboxylic acid groups (broad SMARTS) is 1. The van der Waals surface area contributed by atoms with Crippen LogP contribution in [0.3, 0.4) is 0 Å². The number of benzene rings is 1. The Morgan fingerprint density at radius 2 is 2.21 bits per heavy atom. The van der Waals surface area contributed by atoms with Crippen molar-refractivity contribution in [2.24, 2.45) is 5.73 Å². The van der Waals surface area contributed by atoms with Crippen molar-refractivity contribution < 1.29 is 9.90 Å². The summed E-state index contributed by atoms with van der Waals surface area (Å²) in [5, 5.41) is 13.2. The molecule has 2 aromatic rings. The van der Waals surface area contributed by atoms with Crippen LogP contribution in [0, 0.1) is 0 Å². The first-order chi connectivity index (χ1) is 9.18. The Hall–Kier alpha value is -1.85. The molecule has 5 nitrogen and oxygen atoms in total. The highest BCUT2D eigenvalue weighted by atomic mass is 16.4. The van der Waals surface area contributed by atoms with Gasteiger partial charge < -0.3 is 21.1 Å². The molecule has 0 amide bonds. The molecule has 1 aromatic heterocycles. The lowest BCUT2D eigenvalue weighted by atomic mass is 10.1. The zero-order valence-electron chi connectivity index (χ0n) is 10.7. The van der Waals surface area contributed by atoms with Gasteiger partial charge in [0.1, 0.15) is 6.04 Å². The second-order valence-corrected chi connectivity index (χ2v) is 4.62. The van der Waals surface area contributed by atoms with Gasteiger partial charge in [-0.25, -0.2) is 0 Å². The summed E-state index contributed by atoms with van der Waals surface area (Å²) in [6, 6.07) is 7.40. The van der Waals surface area contributed by atoms with E-state index in [1.165, 1.54) is 10.9 Å². The maximum atomic E-state index is 10.5. The number of carbonyl (C=O) groups is 1. The number of nitrogens with two attached hydrogens (primary N) is 1. The Balaban J connectivity index is 1.76. The molecule has 2 rings (SSSR count). The first-order valence-corrected chi connectivity index (χ1v) is 6.42. The third-order valence-electron chi connectivity index (χ3n) is 3.18. The van der Waals surface area contributed by atoms with Crippen LogP contribution in [0.2, 0.25) is 0 Å². The van der Waals surface area contributed by atoms with Crippen LogP contribution in [-0.2, 0) is 11.3 Å². The summed E-state index contributed by atoms with van der Waals surface area (Å²) in [7, 11) is 0. The number of carboxylic acids is 1. The van der Waals surface area contributed by atoms with Crippen LogP contribution in [0.4, 0.5) is 0 Å². The largest absolute Gasteiger partial charge is 0.480 e. The van der Waals surface area contributed by atoms with Crippen LogP contribution in [0.5, 0.6) is 0 Å². The molecule has 19 heavy (non-hydrogen) atoms. The van der Waals surface area contributed by atoms with E-state index in [4.69, 9.17) is 10.8 Å². The first-order valence-electron chi connectivity index (χ1n) is 6.42. The lowest BCUT2D eigenvalue weighted by molar-refractivity contribution is -0.138. The number of nitrogens with one attached hydrogen (secondary N) is 2. The molecule has 0 saturated carbocycles. The predicted molar refractivity (Wildman–Crippen MR) is 74.9 cm³/mol. The third kappa shape index (κ3) is 3.56. The minimum absolute atomic E-state index is 0.496. The molecule has 0 aliphatic rings. The number of aromatic nitrogens is 1. The number of aliphatic carboxylic acids is 1. The quantitative estimate of drug-likeness (QED) is 0.568. The summed E-state index contributed by atoms with van der Waals surface area (Å²) < 4.78 is 0. The van der Waals surface area contributed by atoms with Gasteiger partial charge in [-0.05, 0) is 31.0 Å². The van der Waals surface area contributed by atoms with E-state index in [0.29, 0.717) is 6.42 Å². The molecule has 0 aliphatic heterocycles. The molecule has 0 fully saturated rings. The fraction of sp³-hybridized carbons (Fsp3) is 0.357. The molecule has 0 unspecified atom stereocenters. The molecule has 5 N–H and O–H groups in total. The third-order valence-corrected chi connectivity index (χ3v) is 3.18. The van der Waals surface area contributed by atoms with Gasteiger partial charge in [0, 0.05) is 23.6 Å². The van der Waals surface area contributed by atoms with Gasteiger partial charge in [-0.15, -0.1) is 0 Å². The standard InChI is InChI=1S/C14H19N3O2/c15-12(14(18)19)5-3-7-16-8-10-9-17-13-6-2-1-4-11(10)13/h1-2,4,6,9,12,16-17H,3,5,7-8,15H2,(H,18,19)/t12-/m0/s1. The number of hydrogen-bond donors (Lipinski definition) is 4. The average Bonchev–Trinajstić information content (AvgIpc) is 2.81. The van der Waals surface area contributed by atoms with Crippen LogP contribution in [0.25, 0.3) is 10.9 Å². The summed E-state index contributed by atoms with van der Waals surface area (Å²) >= 11 is 0. The van der Waals surface area contributed by atoms with E-state index in [1.54, 1.807) is 0 Å². The van der Waals surface area contributed by atoms with E-state index in [-0.39, 0.29) is 0 Å². The molecule has 1 atom stereocenters. The van der Waals surface area contributed by atoms with Crippen molar-refractivity contribution in [2.75, 3.05) is 6.54 Å². The minimum atomic E-state index is -0.934. The molecule has 1 aromatic carbocycles. The van der Waals surface area contributed by atoms with Gasteiger partial charge in [0.05, 0.1) is 0 Å². The number of aromatic amines is 1. The second kappa shape index (κ2) is 6.36. The van der Waals surface area contributed by atoms with E-state index in [1.807, 2.05) is 24.4 Å². The van der Waals surface area contributed by atoms with Gasteiger partial charge in [-0.1, -0.05) is 18.2 Å². The van der Waals surface area contributed by atoms with E-state index in [2.05, 4.69) is 16.4 Å². The molecular weight excluding hydrogens is 242 g/mol. The fourth-order valence-electron chi connectivity index (χ4n) is 2.07. The van der Waals surface area contributed by atoms with E-state index < -0.39 is 12.0 Å². The Morgan fingerprint density at radius 1 is 1.42 bits per heavy atom. The van der Waals surface area contributed by atoms with Crippen molar-refractivity contribution in [3.05, 3.63) is 36.0 Å². The number of rotatable bonds is 7. The van der Waals surface area contributed by atoms with Crippen LogP contribution in [0.15, 0.2) is 30.5 Å². The first kappa shape index (κ1) is 13.6. The lowest BCUT2D eigenvalue weighted by Crippen LogP contribution is -2.30. The lowest BCUT2D eigenvalue weighted by Gasteiger charge is -2.07. The van der Waals surface area contributed by atoms with Crippen molar-refractivity contribution in [3.63, 3.8) is 0 Å². The van der Waals surface area contributed by atoms with E-state index >= 15 is 0 Å². The van der Waals surface area contributed by atoms with Crippen molar-refractivity contribution in [1.82, 2.24) is 10.3 Å². The fourth-order valence-corrected chi connectivity index (χ4v) is 2.07. The highest BCUT2D eigenvalue weighted by molar-refractivity contribution is 5.82. The summed E-state index contributed by atoms with van der Waals surface area (Å²) in [5.41, 5.74) is 7.79. The van der Waals surface area contributed by atoms with Crippen molar-refractivity contribution in [1.29, 1.82) is 0 Å². The minimum Gasteiger partial charge on any atom is -0.480 e. The molecular formula is C14H19N3O2. The van der Waals surface area contributed by atoms with Crippen LogP contribution < -0.4 is 11.1 Å². The molecule has 0 radical (unpaired) electrons. The summed E-state index contributed by atoms with van der Waals surface area (Å²) in [6.45, 7) is 1.53. The van der Waals surface area contributed by atoms with Crippen LogP contribution in [0.1, 0.15) is 18.4 Å². The van der Waals surface area contributed by atoms with Gasteiger partial charge in [0.15, 0.2) is 0 Å². The summed E-state index contributed by atoms with van der Waals surface area (Å²) in [4.78, 5) is 13.8. The molecule has 0 aliphatic carbocycles. The molecule has 0 bridgehead atoms. The van der Waals surface area contributed by atoms with Crippen LogP contribution in [-0.4, -0.2) is 28.6 Å². The Labute approximate surface area is 111 Å². The molecule has 0 saturated heterocycles. The Kier molecular flexibility index (Phi) is 4.54. The molecule has 0 spiro atoms. The normalized spacial score (nSPS) is 12.7. The second-order valence-electron chi connectivity index (χ2n) is 4.62. The number of hydrogen-bond acceptors (Lipinski definition) is 3. The van der Waals surface area contributed by atoms with Gasteiger partial charge >= 0.3 is 5.97 Å². The van der Waals surface area contributed by atoms with Gasteiger partial charge in [0.25, 0.3) is 0 Å². The average molecular weight is 261 g/mol. The molecule has 102 valence electrons. The van der Waals surface area contributed by atoms with Crippen LogP contribution >= 0.6 is 0 Å². The monoisotopic (exact) mass is 261 g/mol. The topological polar surface area (TPSA) is 91.1 Å². The highest BCUT2D eigenvalue weighted by Gasteiger charge is 2.10. The number of fused-ring (bicyclic) bond motifs is 1. The van der Waals surface area contributed by atoms with Gasteiger partial charge in [-0.3, -0.25) is 4.79 Å². The van der Waals surface area contributed by atoms with Crippen molar-refractivity contribution in [3.8, 4) is 0 Å². The highest BCUT2D eigenvalue weighted by Crippen LogP contribution is 2.17. The zero-order valence-corrected chi connectivity index (χ0v) is 10.7. The number of para-hydroxylation sites is 1. The Bertz CT molecular complexity index is 550. The molecule has 5 heteroatoms. The Morgan fingerprint density at radius 3 is 3.00 bits per heavy atom. The van der Waals surface area contributed by atoms with Gasteiger partial charge in [0.2, 0.25) is 0 Å². The van der Waals surface area contributed by atoms with Crippen molar-refractivity contribution in [2.45, 2.75) is 25.4 Å². The summed E-state index contributed by atoms with van der Waals surface area (Å²) in [5.74, 6) is -0.934. The predicted octanol–water partition coefficient (Wildman–Crippen LogP) is 1.45. The maximum absolute atomic E-state index is 10.5. The summed E-state index contributed by atoms with van der Waals surface area (Å²) in [6.07, 6.45) is 3.26. The SMILES string of the molecule is N[C@@H](CCCNCc1c[nH]c2ccccc12)C(=O)O. The maximum Gasteiger partial charge on any atom is 0.320 e. The molecule has 1 heterocycles. The zero-order chi connectivity index (χ0) is 13.7.